The molecule has 0 saturated heterocycles. The molecule has 0 bridgehead atoms. The van der Waals surface area contributed by atoms with Gasteiger partial charge in [0, 0.05) is 32.0 Å². The number of aromatic nitrogens is 2. The summed E-state index contributed by atoms with van der Waals surface area (Å²) in [6, 6.07) is 5.21. The van der Waals surface area contributed by atoms with Crippen molar-refractivity contribution in [2.24, 2.45) is 0 Å². The molecule has 2 aromatic rings. The van der Waals surface area contributed by atoms with Gasteiger partial charge >= 0.3 is 6.18 Å². The molecule has 1 heterocycles. The van der Waals surface area contributed by atoms with Gasteiger partial charge in [0.25, 0.3) is 0 Å². The molecule has 3 nitrogen and oxygen atoms in total. The van der Waals surface area contributed by atoms with E-state index < -0.39 is 11.7 Å². The van der Waals surface area contributed by atoms with Gasteiger partial charge in [0.05, 0.1) is 5.56 Å². The molecule has 0 saturated carbocycles. The van der Waals surface area contributed by atoms with Crippen molar-refractivity contribution < 1.29 is 13.2 Å². The van der Waals surface area contributed by atoms with Crippen LogP contribution in [0.3, 0.4) is 0 Å². The van der Waals surface area contributed by atoms with Crippen molar-refractivity contribution in [1.29, 1.82) is 0 Å². The van der Waals surface area contributed by atoms with Crippen LogP contribution in [0.1, 0.15) is 17.0 Å². The Labute approximate surface area is 115 Å². The third-order valence-electron chi connectivity index (χ3n) is 3.06. The van der Waals surface area contributed by atoms with E-state index in [-0.39, 0.29) is 0 Å². The number of halogens is 3. The van der Waals surface area contributed by atoms with Gasteiger partial charge in [-0.3, -0.25) is 0 Å². The summed E-state index contributed by atoms with van der Waals surface area (Å²) in [6.07, 6.45) is -0.634. The Morgan fingerprint density at radius 2 is 1.90 bits per heavy atom. The molecule has 108 valence electrons. The summed E-state index contributed by atoms with van der Waals surface area (Å²) >= 11 is 0. The van der Waals surface area contributed by atoms with Crippen molar-refractivity contribution in [3.63, 3.8) is 0 Å². The van der Waals surface area contributed by atoms with Crippen molar-refractivity contribution >= 4 is 0 Å². The van der Waals surface area contributed by atoms with Crippen LogP contribution in [0.2, 0.25) is 0 Å². The molecule has 0 radical (unpaired) electrons. The largest absolute Gasteiger partial charge is 0.416 e. The van der Waals surface area contributed by atoms with Crippen LogP contribution >= 0.6 is 0 Å². The fourth-order valence-electron chi connectivity index (χ4n) is 1.88. The lowest BCUT2D eigenvalue weighted by Gasteiger charge is -2.09. The van der Waals surface area contributed by atoms with E-state index in [9.17, 15) is 13.2 Å². The quantitative estimate of drug-likeness (QED) is 0.855. The van der Waals surface area contributed by atoms with E-state index >= 15 is 0 Å². The Balaban J connectivity index is 1.78. The first kappa shape index (κ1) is 14.6. The second-order valence-corrected chi connectivity index (χ2v) is 4.54. The maximum atomic E-state index is 12.4. The summed E-state index contributed by atoms with van der Waals surface area (Å²) < 4.78 is 39.2. The Hall–Kier alpha value is -1.82. The number of hydrogen-bond acceptors (Lipinski definition) is 2. The molecule has 0 fully saturated rings. The van der Waals surface area contributed by atoms with Gasteiger partial charge in [0.15, 0.2) is 0 Å². The van der Waals surface area contributed by atoms with E-state index in [0.717, 1.165) is 36.6 Å². The topological polar surface area (TPSA) is 29.9 Å². The molecule has 1 N–H and O–H groups in total. The Morgan fingerprint density at radius 3 is 2.45 bits per heavy atom. The number of imidazole rings is 1. The summed E-state index contributed by atoms with van der Waals surface area (Å²) in [7, 11) is 0. The van der Waals surface area contributed by atoms with E-state index in [1.165, 1.54) is 12.1 Å². The molecular formula is C14H16F3N3. The van der Waals surface area contributed by atoms with Crippen LogP contribution in [-0.4, -0.2) is 16.1 Å². The van der Waals surface area contributed by atoms with E-state index in [4.69, 9.17) is 0 Å². The Kier molecular flexibility index (Phi) is 4.44. The van der Waals surface area contributed by atoms with Crippen LogP contribution in [0.4, 0.5) is 13.2 Å². The molecular weight excluding hydrogens is 267 g/mol. The maximum absolute atomic E-state index is 12.4. The Morgan fingerprint density at radius 1 is 1.20 bits per heavy atom. The monoisotopic (exact) mass is 283 g/mol. The first-order valence-corrected chi connectivity index (χ1v) is 6.31. The molecule has 6 heteroatoms. The van der Waals surface area contributed by atoms with Crippen LogP contribution in [-0.2, 0) is 19.3 Å². The predicted molar refractivity (Wildman–Crippen MR) is 70.1 cm³/mol. The zero-order valence-electron chi connectivity index (χ0n) is 11.1. The van der Waals surface area contributed by atoms with Crippen molar-refractivity contribution in [1.82, 2.24) is 14.9 Å². The molecule has 0 aliphatic heterocycles. The van der Waals surface area contributed by atoms with Gasteiger partial charge in [-0.15, -0.1) is 0 Å². The zero-order chi connectivity index (χ0) is 14.6. The normalized spacial score (nSPS) is 11.8. The lowest BCUT2D eigenvalue weighted by molar-refractivity contribution is -0.137. The first-order valence-electron chi connectivity index (χ1n) is 6.31. The smallest absolute Gasteiger partial charge is 0.334 e. The summed E-state index contributed by atoms with van der Waals surface area (Å²) in [5.41, 5.74) is 0.218. The van der Waals surface area contributed by atoms with Gasteiger partial charge < -0.3 is 9.88 Å². The van der Waals surface area contributed by atoms with Gasteiger partial charge in [-0.1, -0.05) is 12.1 Å². The fourth-order valence-corrected chi connectivity index (χ4v) is 1.88. The molecule has 20 heavy (non-hydrogen) atoms. The molecule has 0 aliphatic rings. The number of nitrogens with zero attached hydrogens (tertiary/aromatic N) is 2. The maximum Gasteiger partial charge on any atom is 0.416 e. The number of nitrogens with one attached hydrogen (secondary N) is 1. The molecule has 1 aromatic heterocycles. The summed E-state index contributed by atoms with van der Waals surface area (Å²) in [5, 5.41) is 3.20. The predicted octanol–water partition coefficient (Wildman–Crippen LogP) is 3.00. The van der Waals surface area contributed by atoms with E-state index in [1.54, 1.807) is 6.20 Å². The van der Waals surface area contributed by atoms with Gasteiger partial charge in [0.1, 0.15) is 5.82 Å². The van der Waals surface area contributed by atoms with Gasteiger partial charge in [-0.05, 0) is 24.6 Å². The third-order valence-corrected chi connectivity index (χ3v) is 3.06. The average Bonchev–Trinajstić information content (AvgIpc) is 2.80. The molecule has 0 atom stereocenters. The van der Waals surface area contributed by atoms with Gasteiger partial charge in [0.2, 0.25) is 0 Å². The SMILES string of the molecule is Cc1nccn1CCNCc1ccc(C(F)(F)F)cc1. The van der Waals surface area contributed by atoms with Crippen LogP contribution in [0.5, 0.6) is 0 Å². The number of rotatable bonds is 5. The number of benzene rings is 1. The number of hydrogen-bond donors (Lipinski definition) is 1. The standard InChI is InChI=1S/C14H16F3N3/c1-11-19-7-9-20(11)8-6-18-10-12-2-4-13(5-3-12)14(15,16)17/h2-5,7,9,18H,6,8,10H2,1H3. The fraction of sp³-hybridized carbons (Fsp3) is 0.357. The zero-order valence-corrected chi connectivity index (χ0v) is 11.1. The highest BCUT2D eigenvalue weighted by molar-refractivity contribution is 5.24. The summed E-state index contributed by atoms with van der Waals surface area (Å²) in [4.78, 5) is 4.11. The highest BCUT2D eigenvalue weighted by atomic mass is 19.4. The van der Waals surface area contributed by atoms with Crippen molar-refractivity contribution in [3.05, 3.63) is 53.6 Å². The van der Waals surface area contributed by atoms with Gasteiger partial charge in [-0.25, -0.2) is 4.98 Å². The second-order valence-electron chi connectivity index (χ2n) is 4.54. The minimum atomic E-state index is -4.27. The minimum Gasteiger partial charge on any atom is -0.334 e. The molecule has 1 aromatic carbocycles. The molecule has 0 aliphatic carbocycles. The summed E-state index contributed by atoms with van der Waals surface area (Å²) in [6.45, 7) is 3.99. The van der Waals surface area contributed by atoms with Crippen LogP contribution in [0, 0.1) is 6.92 Å². The van der Waals surface area contributed by atoms with E-state index in [0.29, 0.717) is 6.54 Å². The molecule has 0 unspecified atom stereocenters. The Bertz CT molecular complexity index is 544. The van der Waals surface area contributed by atoms with Crippen LogP contribution < -0.4 is 5.32 Å². The second kappa shape index (κ2) is 6.09. The van der Waals surface area contributed by atoms with Crippen molar-refractivity contribution in [2.75, 3.05) is 6.54 Å². The minimum absolute atomic E-state index is 0.548. The van der Waals surface area contributed by atoms with E-state index in [1.807, 2.05) is 17.7 Å². The van der Waals surface area contributed by atoms with Crippen molar-refractivity contribution in [2.45, 2.75) is 26.2 Å². The van der Waals surface area contributed by atoms with Crippen LogP contribution in [0.25, 0.3) is 0 Å². The average molecular weight is 283 g/mol. The lowest BCUT2D eigenvalue weighted by Crippen LogP contribution is -2.19. The number of aryl methyl sites for hydroxylation is 1. The van der Waals surface area contributed by atoms with E-state index in [2.05, 4.69) is 10.3 Å². The molecule has 0 spiro atoms. The van der Waals surface area contributed by atoms with Crippen molar-refractivity contribution in [3.8, 4) is 0 Å². The highest BCUT2D eigenvalue weighted by Gasteiger charge is 2.29. The first-order chi connectivity index (χ1) is 9.47. The van der Waals surface area contributed by atoms with Gasteiger partial charge in [-0.2, -0.15) is 13.2 Å². The third kappa shape index (κ3) is 3.84. The summed E-state index contributed by atoms with van der Waals surface area (Å²) in [5.74, 6) is 0.946. The molecule has 0 amide bonds. The molecule has 2 rings (SSSR count). The highest BCUT2D eigenvalue weighted by Crippen LogP contribution is 2.28. The lowest BCUT2D eigenvalue weighted by atomic mass is 10.1. The van der Waals surface area contributed by atoms with Crippen LogP contribution in [0.15, 0.2) is 36.7 Å². The number of alkyl halides is 3.